The fourth-order valence-electron chi connectivity index (χ4n) is 2.14. The third-order valence-corrected chi connectivity index (χ3v) is 3.41. The Bertz CT molecular complexity index is 635. The minimum absolute atomic E-state index is 0. The molecule has 1 atom stereocenters. The zero-order chi connectivity index (χ0) is 16.5. The van der Waals surface area contributed by atoms with E-state index in [-0.39, 0.29) is 24.0 Å². The Labute approximate surface area is 160 Å². The summed E-state index contributed by atoms with van der Waals surface area (Å²) in [6.07, 6.45) is -0.639. The lowest BCUT2D eigenvalue weighted by atomic mass is 10.1. The number of halogens is 1. The molecule has 0 aliphatic rings. The van der Waals surface area contributed by atoms with E-state index in [1.165, 1.54) is 0 Å². The van der Waals surface area contributed by atoms with E-state index in [4.69, 9.17) is 4.74 Å². The molecule has 0 saturated heterocycles. The average molecular weight is 441 g/mol. The first-order valence-electron chi connectivity index (χ1n) is 7.56. The molecule has 5 nitrogen and oxygen atoms in total. The number of aliphatic hydroxyl groups is 1. The van der Waals surface area contributed by atoms with Crippen LogP contribution in [0.2, 0.25) is 0 Å². The number of aliphatic hydroxyl groups excluding tert-OH is 1. The van der Waals surface area contributed by atoms with Gasteiger partial charge in [0.1, 0.15) is 12.4 Å². The fraction of sp³-hybridized carbons (Fsp3) is 0.278. The number of hydrogen-bond donors (Lipinski definition) is 3. The van der Waals surface area contributed by atoms with E-state index in [9.17, 15) is 5.11 Å². The Balaban J connectivity index is 0.00000288. The number of ether oxygens (including phenoxy) is 1. The molecule has 24 heavy (non-hydrogen) atoms. The van der Waals surface area contributed by atoms with Gasteiger partial charge in [0.2, 0.25) is 0 Å². The minimum atomic E-state index is -0.639. The molecule has 0 heterocycles. The molecular formula is C18H24IN3O2. The fourth-order valence-corrected chi connectivity index (χ4v) is 2.14. The summed E-state index contributed by atoms with van der Waals surface area (Å²) in [7, 11) is 3.46. The van der Waals surface area contributed by atoms with E-state index >= 15 is 0 Å². The first kappa shape index (κ1) is 20.2. The number of rotatable bonds is 6. The van der Waals surface area contributed by atoms with Crippen molar-refractivity contribution in [3.8, 4) is 5.75 Å². The largest absolute Gasteiger partial charge is 0.489 e. The van der Waals surface area contributed by atoms with Gasteiger partial charge in [0.25, 0.3) is 0 Å². The Morgan fingerprint density at radius 1 is 1.17 bits per heavy atom. The van der Waals surface area contributed by atoms with Crippen LogP contribution in [0, 0.1) is 0 Å². The highest BCUT2D eigenvalue weighted by Gasteiger charge is 2.09. The normalized spacial score (nSPS) is 12.0. The maximum atomic E-state index is 10.3. The molecular weight excluding hydrogens is 417 g/mol. The molecule has 0 aliphatic carbocycles. The minimum Gasteiger partial charge on any atom is -0.489 e. The zero-order valence-corrected chi connectivity index (χ0v) is 16.2. The smallest absolute Gasteiger partial charge is 0.190 e. The molecule has 2 aromatic rings. The number of benzene rings is 2. The van der Waals surface area contributed by atoms with E-state index in [1.54, 1.807) is 14.1 Å². The predicted octanol–water partition coefficient (Wildman–Crippen LogP) is 2.71. The van der Waals surface area contributed by atoms with Gasteiger partial charge in [-0.1, -0.05) is 42.5 Å². The van der Waals surface area contributed by atoms with Crippen LogP contribution in [0.4, 0.5) is 0 Å². The van der Waals surface area contributed by atoms with Gasteiger partial charge in [0.05, 0.1) is 6.10 Å². The number of hydrogen-bond acceptors (Lipinski definition) is 3. The standard InChI is InChI=1S/C18H23N3O2.HI/c1-19-18(20-2)21-12-17(22)15-9-6-10-16(11-15)23-13-14-7-4-3-5-8-14;/h3-11,17,22H,12-13H2,1-2H3,(H2,19,20,21);1H. The molecule has 6 heteroatoms. The number of aliphatic imine (C=N–C) groups is 1. The van der Waals surface area contributed by atoms with Crippen LogP contribution in [-0.2, 0) is 6.61 Å². The van der Waals surface area contributed by atoms with Crippen LogP contribution in [0.25, 0.3) is 0 Å². The van der Waals surface area contributed by atoms with Gasteiger partial charge in [-0.3, -0.25) is 4.99 Å². The summed E-state index contributed by atoms with van der Waals surface area (Å²) in [5.41, 5.74) is 1.91. The highest BCUT2D eigenvalue weighted by atomic mass is 127. The van der Waals surface area contributed by atoms with Gasteiger partial charge in [-0.05, 0) is 23.3 Å². The Morgan fingerprint density at radius 2 is 1.92 bits per heavy atom. The van der Waals surface area contributed by atoms with Crippen molar-refractivity contribution in [1.82, 2.24) is 10.6 Å². The quantitative estimate of drug-likeness (QED) is 0.367. The summed E-state index contributed by atoms with van der Waals surface area (Å²) in [5.74, 6) is 1.38. The van der Waals surface area contributed by atoms with Crippen LogP contribution >= 0.6 is 24.0 Å². The maximum absolute atomic E-state index is 10.3. The van der Waals surface area contributed by atoms with Gasteiger partial charge in [-0.2, -0.15) is 0 Å². The van der Waals surface area contributed by atoms with Crippen molar-refractivity contribution in [2.24, 2.45) is 4.99 Å². The maximum Gasteiger partial charge on any atom is 0.190 e. The predicted molar refractivity (Wildman–Crippen MR) is 108 cm³/mol. The van der Waals surface area contributed by atoms with Crippen molar-refractivity contribution in [3.63, 3.8) is 0 Å². The van der Waals surface area contributed by atoms with Crippen molar-refractivity contribution in [2.45, 2.75) is 12.7 Å². The SMILES string of the molecule is CN=C(NC)NCC(O)c1cccc(OCc2ccccc2)c1.I. The highest BCUT2D eigenvalue weighted by Crippen LogP contribution is 2.20. The van der Waals surface area contributed by atoms with Gasteiger partial charge in [0, 0.05) is 20.6 Å². The lowest BCUT2D eigenvalue weighted by Gasteiger charge is -2.15. The molecule has 1 unspecified atom stereocenters. The van der Waals surface area contributed by atoms with Gasteiger partial charge < -0.3 is 20.5 Å². The summed E-state index contributed by atoms with van der Waals surface area (Å²) in [6.45, 7) is 0.876. The molecule has 0 aliphatic heterocycles. The molecule has 2 aromatic carbocycles. The molecule has 0 aromatic heterocycles. The summed E-state index contributed by atoms with van der Waals surface area (Å²) in [5, 5.41) is 16.2. The molecule has 0 spiro atoms. The Hall–Kier alpha value is -1.80. The molecule has 2 rings (SSSR count). The number of guanidine groups is 1. The van der Waals surface area contributed by atoms with Crippen LogP contribution in [0.5, 0.6) is 5.75 Å². The van der Waals surface area contributed by atoms with Crippen molar-refractivity contribution >= 4 is 29.9 Å². The van der Waals surface area contributed by atoms with E-state index in [1.807, 2.05) is 54.6 Å². The lowest BCUT2D eigenvalue weighted by molar-refractivity contribution is 0.180. The summed E-state index contributed by atoms with van der Waals surface area (Å²) >= 11 is 0. The first-order valence-corrected chi connectivity index (χ1v) is 7.56. The third-order valence-electron chi connectivity index (χ3n) is 3.41. The average Bonchev–Trinajstić information content (AvgIpc) is 2.62. The van der Waals surface area contributed by atoms with Gasteiger partial charge >= 0.3 is 0 Å². The molecule has 0 amide bonds. The second kappa shape index (κ2) is 10.9. The molecule has 0 fully saturated rings. The van der Waals surface area contributed by atoms with Crippen LogP contribution in [0.15, 0.2) is 59.6 Å². The van der Waals surface area contributed by atoms with E-state index in [0.29, 0.717) is 19.1 Å². The molecule has 0 bridgehead atoms. The van der Waals surface area contributed by atoms with Crippen molar-refractivity contribution in [1.29, 1.82) is 0 Å². The van der Waals surface area contributed by atoms with Crippen molar-refractivity contribution < 1.29 is 9.84 Å². The second-order valence-corrected chi connectivity index (χ2v) is 5.07. The number of nitrogens with one attached hydrogen (secondary N) is 2. The second-order valence-electron chi connectivity index (χ2n) is 5.07. The topological polar surface area (TPSA) is 65.9 Å². The molecule has 0 saturated carbocycles. The molecule has 0 radical (unpaired) electrons. The van der Waals surface area contributed by atoms with Crippen LogP contribution < -0.4 is 15.4 Å². The van der Waals surface area contributed by atoms with Gasteiger partial charge in [-0.25, -0.2) is 0 Å². The van der Waals surface area contributed by atoms with E-state index in [0.717, 1.165) is 16.9 Å². The Kier molecular flexibility index (Phi) is 9.18. The Morgan fingerprint density at radius 3 is 2.58 bits per heavy atom. The monoisotopic (exact) mass is 441 g/mol. The summed E-state index contributed by atoms with van der Waals surface area (Å²) in [6, 6.07) is 17.5. The van der Waals surface area contributed by atoms with Crippen LogP contribution in [0.3, 0.4) is 0 Å². The van der Waals surface area contributed by atoms with E-state index in [2.05, 4.69) is 15.6 Å². The van der Waals surface area contributed by atoms with Gasteiger partial charge in [0.15, 0.2) is 5.96 Å². The molecule has 3 N–H and O–H groups in total. The van der Waals surface area contributed by atoms with E-state index < -0.39 is 6.10 Å². The van der Waals surface area contributed by atoms with Crippen molar-refractivity contribution in [3.05, 3.63) is 65.7 Å². The summed E-state index contributed by atoms with van der Waals surface area (Å²) < 4.78 is 5.78. The van der Waals surface area contributed by atoms with Crippen LogP contribution in [-0.4, -0.2) is 31.7 Å². The summed E-state index contributed by atoms with van der Waals surface area (Å²) in [4.78, 5) is 4.01. The highest BCUT2D eigenvalue weighted by molar-refractivity contribution is 14.0. The lowest BCUT2D eigenvalue weighted by Crippen LogP contribution is -2.37. The number of nitrogens with zero attached hydrogens (tertiary/aromatic N) is 1. The van der Waals surface area contributed by atoms with Gasteiger partial charge in [-0.15, -0.1) is 24.0 Å². The zero-order valence-electron chi connectivity index (χ0n) is 13.9. The van der Waals surface area contributed by atoms with Crippen molar-refractivity contribution in [2.75, 3.05) is 20.6 Å². The third kappa shape index (κ3) is 6.37. The first-order chi connectivity index (χ1) is 11.2. The van der Waals surface area contributed by atoms with Crippen LogP contribution in [0.1, 0.15) is 17.2 Å². The molecule has 130 valence electrons.